The van der Waals surface area contributed by atoms with E-state index in [0.29, 0.717) is 0 Å². The molecule has 6 heterocycles. The molecule has 0 aromatic heterocycles. The smallest absolute Gasteiger partial charge is 0.312 e. The molecule has 0 aromatic rings. The van der Waals surface area contributed by atoms with Crippen molar-refractivity contribution in [2.45, 2.75) is 290 Å². The Morgan fingerprint density at radius 1 is 0.425 bits per heavy atom. The number of nitrogens with zero attached hydrogens (tertiary/aromatic N) is 2. The van der Waals surface area contributed by atoms with E-state index in [4.69, 9.17) is 0 Å². The van der Waals surface area contributed by atoms with Crippen LogP contribution in [-0.2, 0) is 28.8 Å². The molecule has 80 heavy (non-hydrogen) atoms. The van der Waals surface area contributed by atoms with Gasteiger partial charge in [0.15, 0.2) is 0 Å². The van der Waals surface area contributed by atoms with Gasteiger partial charge in [0.25, 0.3) is 0 Å². The third kappa shape index (κ3) is 11.9. The molecule has 6 aliphatic heterocycles. The fourth-order valence-electron chi connectivity index (χ4n) is 20.3. The molecule has 4 atom stereocenters. The molecule has 0 spiro atoms. The summed E-state index contributed by atoms with van der Waals surface area (Å²) in [6.07, 6.45) is 0.207. The number of piperidine rings is 4. The van der Waals surface area contributed by atoms with Crippen molar-refractivity contribution < 1.29 is 49.2 Å². The second-order valence-corrected chi connectivity index (χ2v) is 34.2. The van der Waals surface area contributed by atoms with Crippen molar-refractivity contribution in [1.29, 1.82) is 0 Å². The van der Waals surface area contributed by atoms with Crippen molar-refractivity contribution in [3.63, 3.8) is 0 Å². The van der Waals surface area contributed by atoms with Crippen LogP contribution < -0.4 is 31.9 Å². The van der Waals surface area contributed by atoms with Crippen LogP contribution >= 0.6 is 0 Å². The zero-order valence-electron chi connectivity index (χ0n) is 53.9. The van der Waals surface area contributed by atoms with Gasteiger partial charge in [0.2, 0.25) is 11.8 Å². The van der Waals surface area contributed by atoms with Gasteiger partial charge in [0.05, 0.1) is 28.5 Å². The minimum absolute atomic E-state index is 0.0247. The van der Waals surface area contributed by atoms with Gasteiger partial charge in [0.1, 0.15) is 10.8 Å². The number of rotatable bonds is 15. The molecule has 0 saturated carbocycles. The van der Waals surface area contributed by atoms with Gasteiger partial charge in [-0.1, -0.05) is 0 Å². The Balaban J connectivity index is 2.04. The summed E-state index contributed by atoms with van der Waals surface area (Å²) in [5.41, 5.74) is -20.3. The molecule has 10 N–H and O–H groups in total. The number of hydrogen-bond acceptors (Lipinski definition) is 12. The molecule has 458 valence electrons. The Bertz CT molecular complexity index is 2370. The van der Waals surface area contributed by atoms with Crippen LogP contribution in [0.1, 0.15) is 218 Å². The molecule has 6 saturated heterocycles. The van der Waals surface area contributed by atoms with E-state index in [-0.39, 0.29) is 64.5 Å². The Kier molecular flexibility index (Phi) is 16.3. The first-order valence-electron chi connectivity index (χ1n) is 29.8. The van der Waals surface area contributed by atoms with E-state index in [1.807, 2.05) is 138 Å². The highest BCUT2D eigenvalue weighted by molar-refractivity contribution is 5.98. The lowest BCUT2D eigenvalue weighted by Gasteiger charge is -2.71. The van der Waals surface area contributed by atoms with Crippen molar-refractivity contribution in [2.75, 3.05) is 19.6 Å². The van der Waals surface area contributed by atoms with E-state index in [0.717, 1.165) is 0 Å². The molecular weight excluding hydrogens is 1020 g/mol. The number of carbonyl (C=O) groups is 6. The summed E-state index contributed by atoms with van der Waals surface area (Å²) >= 11 is 0. The number of carboxylic acids is 4. The standard InChI is InChI=1S/C62H110N8O10/c1-48(2)25-36(26-49(3,4)63-48)60(45(75)76,37-27-50(5,6)64-51(7,8)28-37)62(47(79)80,39-31-54(13,14)66-55(15,16)32-39)61(46(77)78,38-29-52(9,10)65-53(11,12)30-38)41(42(71)72)40(70-35-57(19,20)68-59(23,24)44(70)74)33-69-34-56(17,18)67-58(21,22)43(69)73/h36-41,63-68H,25-35H2,1-24H3,(H,71,72)(H,75,76)(H,77,78)(H,79,80). The van der Waals surface area contributed by atoms with Gasteiger partial charge < -0.3 is 51.5 Å². The minimum Gasteiger partial charge on any atom is -0.481 e. The summed E-state index contributed by atoms with van der Waals surface area (Å²) in [5.74, 6) is -14.8. The normalized spacial score (nSPS) is 30.2. The molecule has 0 radical (unpaired) electrons. The molecule has 2 amide bonds. The van der Waals surface area contributed by atoms with E-state index in [9.17, 15) is 20.4 Å². The fraction of sp³-hybridized carbons (Fsp3) is 0.903. The zero-order chi connectivity index (χ0) is 61.6. The molecule has 6 aliphatic rings. The Hall–Kier alpha value is -3.42. The molecule has 18 nitrogen and oxygen atoms in total. The molecule has 6 fully saturated rings. The Morgan fingerprint density at radius 2 is 0.738 bits per heavy atom. The van der Waals surface area contributed by atoms with E-state index < -0.39 is 161 Å². The van der Waals surface area contributed by atoms with Crippen molar-refractivity contribution in [1.82, 2.24) is 41.7 Å². The molecule has 0 aromatic carbocycles. The summed E-state index contributed by atoms with van der Waals surface area (Å²) in [6, 6.07) is -1.73. The quantitative estimate of drug-likeness (QED) is 0.0762. The first kappa shape index (κ1) is 65.7. The van der Waals surface area contributed by atoms with Crippen LogP contribution in [0, 0.1) is 45.8 Å². The van der Waals surface area contributed by atoms with Gasteiger partial charge in [-0.05, 0) is 241 Å². The predicted molar refractivity (Wildman–Crippen MR) is 312 cm³/mol. The molecule has 0 bridgehead atoms. The monoisotopic (exact) mass is 1130 g/mol. The molecule has 18 heteroatoms. The highest BCUT2D eigenvalue weighted by Crippen LogP contribution is 2.75. The number of aliphatic carboxylic acids is 4. The van der Waals surface area contributed by atoms with Gasteiger partial charge in [-0.15, -0.1) is 0 Å². The topological polar surface area (TPSA) is 262 Å². The first-order chi connectivity index (χ1) is 35.5. The highest BCUT2D eigenvalue weighted by atomic mass is 16.4. The number of amides is 2. The van der Waals surface area contributed by atoms with Gasteiger partial charge in [0, 0.05) is 75.0 Å². The Morgan fingerprint density at radius 3 is 1.05 bits per heavy atom. The van der Waals surface area contributed by atoms with Gasteiger partial charge in [-0.25, -0.2) is 0 Å². The average Bonchev–Trinajstić information content (AvgIpc) is 3.15. The SMILES string of the molecule is CC1(C)CC(C(C(=O)O)(C2CC(C)(C)NC(C)(C)C2)C(C(=O)O)(C2CC(C)(C)NC(C)(C)C2)C(C(=O)O)(C2CC(C)(C)NC(C)(C)C2)C(C(=O)O)C(CN2CC(C)(C)NC(C)(C)C2=O)N2CC(C)(C)NC(C)(C)C2=O)CC(C)(C)N1. The van der Waals surface area contributed by atoms with Crippen LogP contribution in [0.15, 0.2) is 0 Å². The van der Waals surface area contributed by atoms with Crippen LogP contribution in [0.25, 0.3) is 0 Å². The van der Waals surface area contributed by atoms with Crippen LogP contribution in [-0.4, -0.2) is 158 Å². The summed E-state index contributed by atoms with van der Waals surface area (Å²) < 4.78 is 0. The molecule has 0 aliphatic carbocycles. The van der Waals surface area contributed by atoms with Crippen molar-refractivity contribution in [2.24, 2.45) is 45.8 Å². The number of carbonyl (C=O) groups excluding carboxylic acids is 2. The average molecular weight is 1130 g/mol. The highest BCUT2D eigenvalue weighted by Gasteiger charge is 2.86. The lowest BCUT2D eigenvalue weighted by atomic mass is 9.31. The zero-order valence-corrected chi connectivity index (χ0v) is 53.9. The van der Waals surface area contributed by atoms with E-state index >= 15 is 28.8 Å². The van der Waals surface area contributed by atoms with Crippen molar-refractivity contribution >= 4 is 35.7 Å². The second kappa shape index (κ2) is 19.8. The van der Waals surface area contributed by atoms with Crippen LogP contribution in [0.2, 0.25) is 0 Å². The molecule has 4 unspecified atom stereocenters. The van der Waals surface area contributed by atoms with Gasteiger partial charge in [-0.2, -0.15) is 0 Å². The van der Waals surface area contributed by atoms with Gasteiger partial charge in [-0.3, -0.25) is 39.4 Å². The summed E-state index contributed by atoms with van der Waals surface area (Å²) in [6.45, 7) is 45.1. The summed E-state index contributed by atoms with van der Waals surface area (Å²) in [5, 5.41) is 76.4. The summed E-state index contributed by atoms with van der Waals surface area (Å²) in [7, 11) is 0. The third-order valence-electron chi connectivity index (χ3n) is 19.7. The maximum Gasteiger partial charge on any atom is 0.312 e. The summed E-state index contributed by atoms with van der Waals surface area (Å²) in [4.78, 5) is 101. The van der Waals surface area contributed by atoms with Gasteiger partial charge >= 0.3 is 23.9 Å². The predicted octanol–water partition coefficient (Wildman–Crippen LogP) is 7.47. The fourth-order valence-corrected chi connectivity index (χ4v) is 20.3. The van der Waals surface area contributed by atoms with E-state index in [1.54, 1.807) is 27.7 Å². The first-order valence-corrected chi connectivity index (χ1v) is 29.8. The lowest BCUT2D eigenvalue weighted by Crippen LogP contribution is -2.82. The second-order valence-electron chi connectivity index (χ2n) is 34.2. The minimum atomic E-state index is -3.10. The van der Waals surface area contributed by atoms with E-state index in [1.165, 1.54) is 9.80 Å². The van der Waals surface area contributed by atoms with Crippen LogP contribution in [0.4, 0.5) is 0 Å². The van der Waals surface area contributed by atoms with Crippen molar-refractivity contribution in [3.05, 3.63) is 0 Å². The largest absolute Gasteiger partial charge is 0.481 e. The maximum absolute atomic E-state index is 17.2. The lowest BCUT2D eigenvalue weighted by molar-refractivity contribution is -0.268. The number of piperazine rings is 2. The molecule has 6 rings (SSSR count). The Labute approximate surface area is 480 Å². The van der Waals surface area contributed by atoms with E-state index in [2.05, 4.69) is 31.9 Å². The van der Waals surface area contributed by atoms with Crippen molar-refractivity contribution in [3.8, 4) is 0 Å². The number of nitrogens with one attached hydrogen (secondary N) is 6. The molecular formula is C62H110N8O10. The third-order valence-corrected chi connectivity index (χ3v) is 19.7. The maximum atomic E-state index is 17.2. The van der Waals surface area contributed by atoms with Crippen LogP contribution in [0.3, 0.4) is 0 Å². The number of hydrogen-bond donors (Lipinski definition) is 10. The number of carboxylic acid groups (broad SMARTS) is 4. The van der Waals surface area contributed by atoms with Crippen LogP contribution in [0.5, 0.6) is 0 Å².